The van der Waals surface area contributed by atoms with Gasteiger partial charge in [-0.25, -0.2) is 9.78 Å². The minimum absolute atomic E-state index is 0.00694. The molecule has 9 nitrogen and oxygen atoms in total. The fourth-order valence-corrected chi connectivity index (χ4v) is 9.76. The molecule has 2 amide bonds. The van der Waals surface area contributed by atoms with E-state index in [4.69, 9.17) is 9.47 Å². The number of aromatic amines is 1. The van der Waals surface area contributed by atoms with E-state index >= 15 is 0 Å². The second-order valence-electron chi connectivity index (χ2n) is 14.2. The van der Waals surface area contributed by atoms with Crippen LogP contribution < -0.4 is 10.6 Å². The van der Waals surface area contributed by atoms with Gasteiger partial charge in [0.25, 0.3) is 0 Å². The largest absolute Gasteiger partial charge is 0.392 e. The van der Waals surface area contributed by atoms with E-state index in [0.717, 1.165) is 75.6 Å². The number of benzene rings is 3. The molecule has 3 aromatic carbocycles. The van der Waals surface area contributed by atoms with E-state index < -0.39 is 6.29 Å². The van der Waals surface area contributed by atoms with Crippen LogP contribution in [0.1, 0.15) is 79.6 Å². The Hall–Kier alpha value is -3.70. The predicted octanol–water partition coefficient (Wildman–Crippen LogP) is 7.07. The second kappa shape index (κ2) is 13.7. The van der Waals surface area contributed by atoms with Gasteiger partial charge in [0.2, 0.25) is 0 Å². The summed E-state index contributed by atoms with van der Waals surface area (Å²) in [6, 6.07) is 24.5. The first-order chi connectivity index (χ1) is 23.5. The van der Waals surface area contributed by atoms with Gasteiger partial charge in [0, 0.05) is 29.8 Å². The smallest absolute Gasteiger partial charge is 0.315 e. The van der Waals surface area contributed by atoms with Gasteiger partial charge in [-0.15, -0.1) is 0 Å². The molecule has 0 radical (unpaired) electrons. The van der Waals surface area contributed by atoms with Crippen LogP contribution >= 0.6 is 11.8 Å². The fraction of sp³-hybridized carbons (Fsp3) is 0.447. The molecule has 10 heteroatoms. The summed E-state index contributed by atoms with van der Waals surface area (Å²) in [5, 5.41) is 23.8. The topological polar surface area (TPSA) is 121 Å². The molecular formula is C38H43N5O4S. The third-order valence-corrected chi connectivity index (χ3v) is 11.8. The van der Waals surface area contributed by atoms with Gasteiger partial charge in [-0.05, 0) is 84.1 Å². The van der Waals surface area contributed by atoms with Crippen molar-refractivity contribution in [1.29, 1.82) is 0 Å². The number of urea groups is 1. The average molecular weight is 666 g/mol. The van der Waals surface area contributed by atoms with Crippen molar-refractivity contribution >= 4 is 17.8 Å². The van der Waals surface area contributed by atoms with Crippen LogP contribution in [0, 0.1) is 17.8 Å². The summed E-state index contributed by atoms with van der Waals surface area (Å²) in [5.41, 5.74) is 6.10. The van der Waals surface area contributed by atoms with Crippen LogP contribution in [-0.2, 0) is 22.6 Å². The van der Waals surface area contributed by atoms with Crippen molar-refractivity contribution < 1.29 is 19.4 Å². The Labute approximate surface area is 285 Å². The number of thioether (sulfide) groups is 1. The minimum Gasteiger partial charge on any atom is -0.392 e. The molecule has 2 heterocycles. The first-order valence-electron chi connectivity index (χ1n) is 17.2. The molecule has 5 aliphatic rings. The van der Waals surface area contributed by atoms with Gasteiger partial charge < -0.3 is 25.2 Å². The first kappa shape index (κ1) is 31.6. The summed E-state index contributed by atoms with van der Waals surface area (Å²) in [6.45, 7) is 0.473. The van der Waals surface area contributed by atoms with Gasteiger partial charge in [0.1, 0.15) is 6.33 Å². The zero-order valence-electron chi connectivity index (χ0n) is 27.0. The number of hydrogen-bond donors (Lipinski definition) is 4. The number of amides is 2. The van der Waals surface area contributed by atoms with Crippen molar-refractivity contribution in [2.45, 2.75) is 87.3 Å². The molecule has 0 unspecified atom stereocenters. The van der Waals surface area contributed by atoms with Crippen LogP contribution in [0.5, 0.6) is 0 Å². The monoisotopic (exact) mass is 665 g/mol. The van der Waals surface area contributed by atoms with Crippen LogP contribution in [0.4, 0.5) is 4.79 Å². The molecular weight excluding hydrogens is 623 g/mol. The second-order valence-corrected chi connectivity index (χ2v) is 15.2. The maximum absolute atomic E-state index is 13.2. The summed E-state index contributed by atoms with van der Waals surface area (Å²) in [4.78, 5) is 17.4. The van der Waals surface area contributed by atoms with Crippen molar-refractivity contribution in [1.82, 2.24) is 25.8 Å². The number of carbonyl (C=O) groups excluding carboxylic acids is 1. The number of nitrogens with one attached hydrogen (secondary N) is 3. The summed E-state index contributed by atoms with van der Waals surface area (Å²) >= 11 is 1.58. The van der Waals surface area contributed by atoms with Crippen LogP contribution in [0.15, 0.2) is 84.3 Å². The zero-order valence-corrected chi connectivity index (χ0v) is 27.8. The molecule has 1 aromatic heterocycles. The van der Waals surface area contributed by atoms with E-state index in [2.05, 4.69) is 62.2 Å². The molecule has 1 saturated heterocycles. The molecule has 250 valence electrons. The maximum atomic E-state index is 13.2. The summed E-state index contributed by atoms with van der Waals surface area (Å²) < 4.78 is 13.1. The first-order valence-corrected chi connectivity index (χ1v) is 18.2. The van der Waals surface area contributed by atoms with Crippen LogP contribution in [0.2, 0.25) is 0 Å². The predicted molar refractivity (Wildman–Crippen MR) is 184 cm³/mol. The molecule has 4 aliphatic carbocycles. The number of aliphatic hydroxyl groups excluding tert-OH is 1. The number of aliphatic hydroxyl groups is 1. The molecule has 4 aromatic rings. The van der Waals surface area contributed by atoms with Gasteiger partial charge in [-0.3, -0.25) is 5.10 Å². The molecule has 1 aliphatic heterocycles. The van der Waals surface area contributed by atoms with Gasteiger partial charge in [0.15, 0.2) is 11.4 Å². The van der Waals surface area contributed by atoms with Gasteiger partial charge >= 0.3 is 6.03 Å². The van der Waals surface area contributed by atoms with Crippen molar-refractivity contribution in [3.63, 3.8) is 0 Å². The van der Waals surface area contributed by atoms with E-state index in [1.807, 2.05) is 36.4 Å². The van der Waals surface area contributed by atoms with E-state index in [-0.39, 0.29) is 30.4 Å². The van der Waals surface area contributed by atoms with E-state index in [0.29, 0.717) is 18.7 Å². The molecule has 4 bridgehead atoms. The quantitative estimate of drug-likeness (QED) is 0.134. The van der Waals surface area contributed by atoms with Gasteiger partial charge in [-0.1, -0.05) is 84.6 Å². The molecule has 3 atom stereocenters. The number of ether oxygens (including phenoxy) is 2. The minimum atomic E-state index is -0.541. The van der Waals surface area contributed by atoms with Crippen molar-refractivity contribution in [3.05, 3.63) is 101 Å². The van der Waals surface area contributed by atoms with Crippen molar-refractivity contribution in [3.8, 4) is 11.1 Å². The lowest BCUT2D eigenvalue weighted by Gasteiger charge is -2.56. The third-order valence-electron chi connectivity index (χ3n) is 10.8. The summed E-state index contributed by atoms with van der Waals surface area (Å²) in [7, 11) is 0. The Balaban J connectivity index is 0.946. The highest BCUT2D eigenvalue weighted by Gasteiger charge is 2.51. The lowest BCUT2D eigenvalue weighted by molar-refractivity contribution is -0.245. The van der Waals surface area contributed by atoms with Crippen molar-refractivity contribution in [2.75, 3.05) is 5.75 Å². The normalized spacial score (nSPS) is 29.1. The van der Waals surface area contributed by atoms with Crippen LogP contribution in [0.25, 0.3) is 11.1 Å². The fourth-order valence-electron chi connectivity index (χ4n) is 8.96. The van der Waals surface area contributed by atoms with Gasteiger partial charge in [0.05, 0.1) is 18.8 Å². The molecule has 48 heavy (non-hydrogen) atoms. The van der Waals surface area contributed by atoms with Gasteiger partial charge in [-0.2, -0.15) is 5.10 Å². The molecule has 4 N–H and O–H groups in total. The number of H-pyrrole nitrogens is 1. The molecule has 5 fully saturated rings. The Morgan fingerprint density at radius 3 is 2.29 bits per heavy atom. The highest BCUT2D eigenvalue weighted by atomic mass is 32.2. The zero-order chi connectivity index (χ0) is 32.5. The van der Waals surface area contributed by atoms with E-state index in [1.54, 1.807) is 11.8 Å². The van der Waals surface area contributed by atoms with Crippen LogP contribution in [0.3, 0.4) is 0 Å². The number of nitrogens with zero attached hydrogens (tertiary/aromatic N) is 2. The maximum Gasteiger partial charge on any atom is 0.315 e. The third kappa shape index (κ3) is 6.89. The Kier molecular flexibility index (Phi) is 8.98. The van der Waals surface area contributed by atoms with E-state index in [9.17, 15) is 9.90 Å². The number of carbonyl (C=O) groups is 1. The number of hydrogen-bond acceptors (Lipinski definition) is 7. The van der Waals surface area contributed by atoms with E-state index in [1.165, 1.54) is 25.6 Å². The number of aromatic nitrogens is 3. The number of rotatable bonds is 10. The lowest BCUT2D eigenvalue weighted by atomic mass is 9.53. The highest BCUT2D eigenvalue weighted by molar-refractivity contribution is 7.99. The summed E-state index contributed by atoms with van der Waals surface area (Å²) in [5.74, 6) is 3.07. The average Bonchev–Trinajstić information content (AvgIpc) is 3.63. The molecule has 9 rings (SSSR count). The highest BCUT2D eigenvalue weighted by Crippen LogP contribution is 2.55. The Bertz CT molecular complexity index is 1660. The van der Waals surface area contributed by atoms with Crippen molar-refractivity contribution in [2.24, 2.45) is 17.8 Å². The Morgan fingerprint density at radius 1 is 0.896 bits per heavy atom. The lowest BCUT2D eigenvalue weighted by Crippen LogP contribution is -2.61. The molecule has 4 saturated carbocycles. The summed E-state index contributed by atoms with van der Waals surface area (Å²) in [6.07, 6.45) is 8.93. The molecule has 0 spiro atoms. The SMILES string of the molecule is O=C(NCc1ccccc1-c1ccc([C@@H]2O[C@H](CSc3ncn[nH]3)C[C@H](c3ccc(CO)cc3)O2)cc1)NC12CC3CC(CC(C3)C1)C2. The standard InChI is InChI=1S/C38H43N5O4S/c44-21-24-5-7-29(8-6-24)34-16-32(22-48-37-40-23-41-43-37)46-35(47-34)30-11-9-28(10-12-30)33-4-2-1-3-31(33)20-39-36(45)42-38-17-25-13-26(18-38)15-27(14-25)19-38/h1-12,23,25-27,32,34-35,44H,13-22H2,(H2,39,42,45)(H,40,41,43)/t25?,26?,27?,32-,34+,35+,38?/m0/s1. The van der Waals surface area contributed by atoms with Crippen LogP contribution in [-0.4, -0.2) is 43.7 Å². The Morgan fingerprint density at radius 2 is 1.60 bits per heavy atom.